The SMILES string of the molecule is CC(C)(C)OC(=O)NC(CCCNC1=NCCCS1)C(=O)OC(C)(C)C. The Hall–Kier alpha value is -1.44. The molecule has 150 valence electrons. The third kappa shape index (κ3) is 10.5. The molecule has 0 bridgehead atoms. The average Bonchev–Trinajstić information content (AvgIpc) is 2.47. The van der Waals surface area contributed by atoms with Gasteiger partial charge in [-0.15, -0.1) is 0 Å². The number of alkyl carbamates (subject to hydrolysis) is 1. The molecule has 0 fully saturated rings. The average molecular weight is 388 g/mol. The Labute approximate surface area is 161 Å². The number of rotatable bonds is 6. The maximum absolute atomic E-state index is 12.4. The van der Waals surface area contributed by atoms with Crippen LogP contribution in [0.5, 0.6) is 0 Å². The maximum atomic E-state index is 12.4. The van der Waals surface area contributed by atoms with Gasteiger partial charge in [0.05, 0.1) is 0 Å². The van der Waals surface area contributed by atoms with E-state index in [0.29, 0.717) is 19.4 Å². The lowest BCUT2D eigenvalue weighted by molar-refractivity contribution is -0.157. The smallest absolute Gasteiger partial charge is 0.408 e. The summed E-state index contributed by atoms with van der Waals surface area (Å²) in [6.07, 6.45) is 1.64. The number of hydrogen-bond donors (Lipinski definition) is 2. The lowest BCUT2D eigenvalue weighted by atomic mass is 10.1. The van der Waals surface area contributed by atoms with Crippen molar-refractivity contribution in [3.8, 4) is 0 Å². The van der Waals surface area contributed by atoms with Crippen LogP contribution in [0.1, 0.15) is 60.8 Å². The molecule has 8 heteroatoms. The molecule has 26 heavy (non-hydrogen) atoms. The highest BCUT2D eigenvalue weighted by Crippen LogP contribution is 2.13. The zero-order chi connectivity index (χ0) is 19.8. The van der Waals surface area contributed by atoms with Gasteiger partial charge in [-0.1, -0.05) is 11.8 Å². The van der Waals surface area contributed by atoms with E-state index in [1.807, 2.05) is 0 Å². The fraction of sp³-hybridized carbons (Fsp3) is 0.833. The zero-order valence-electron chi connectivity index (χ0n) is 16.8. The van der Waals surface area contributed by atoms with Crippen molar-refractivity contribution in [3.05, 3.63) is 0 Å². The van der Waals surface area contributed by atoms with Gasteiger partial charge in [0.25, 0.3) is 0 Å². The van der Waals surface area contributed by atoms with Crippen molar-refractivity contribution in [2.45, 2.75) is 78.0 Å². The lowest BCUT2D eigenvalue weighted by Gasteiger charge is -2.26. The number of aliphatic imine (C=N–C) groups is 1. The topological polar surface area (TPSA) is 89.0 Å². The van der Waals surface area contributed by atoms with Gasteiger partial charge in [-0.3, -0.25) is 4.99 Å². The Kier molecular flexibility index (Phi) is 8.73. The van der Waals surface area contributed by atoms with Crippen molar-refractivity contribution in [1.82, 2.24) is 10.6 Å². The fourth-order valence-electron chi connectivity index (χ4n) is 2.14. The number of thioether (sulfide) groups is 1. The van der Waals surface area contributed by atoms with Crippen molar-refractivity contribution in [2.75, 3.05) is 18.8 Å². The molecule has 0 aliphatic carbocycles. The third-order valence-electron chi connectivity index (χ3n) is 3.12. The number of carbonyl (C=O) groups excluding carboxylic acids is 2. The summed E-state index contributed by atoms with van der Waals surface area (Å²) < 4.78 is 10.7. The van der Waals surface area contributed by atoms with Crippen LogP contribution in [0.15, 0.2) is 4.99 Å². The molecule has 0 aromatic rings. The van der Waals surface area contributed by atoms with Gasteiger partial charge in [0.1, 0.15) is 17.2 Å². The second-order valence-electron chi connectivity index (χ2n) is 8.19. The third-order valence-corrected chi connectivity index (χ3v) is 4.16. The molecule has 7 nitrogen and oxygen atoms in total. The van der Waals surface area contributed by atoms with Gasteiger partial charge in [0.15, 0.2) is 5.17 Å². The summed E-state index contributed by atoms with van der Waals surface area (Å²) in [5, 5.41) is 6.86. The monoisotopic (exact) mass is 387 g/mol. The van der Waals surface area contributed by atoms with E-state index in [-0.39, 0.29) is 0 Å². The summed E-state index contributed by atoms with van der Waals surface area (Å²) in [7, 11) is 0. The van der Waals surface area contributed by atoms with Crippen molar-refractivity contribution < 1.29 is 19.1 Å². The number of carbonyl (C=O) groups is 2. The second kappa shape index (κ2) is 10.0. The van der Waals surface area contributed by atoms with Gasteiger partial charge >= 0.3 is 12.1 Å². The quantitative estimate of drug-likeness (QED) is 0.538. The second-order valence-corrected chi connectivity index (χ2v) is 9.27. The molecule has 1 atom stereocenters. The molecule has 2 N–H and O–H groups in total. The summed E-state index contributed by atoms with van der Waals surface area (Å²) in [6, 6.07) is -0.744. The van der Waals surface area contributed by atoms with E-state index in [1.54, 1.807) is 53.3 Å². The van der Waals surface area contributed by atoms with E-state index in [9.17, 15) is 9.59 Å². The number of amidine groups is 1. The highest BCUT2D eigenvalue weighted by atomic mass is 32.2. The number of ether oxygens (including phenoxy) is 2. The van der Waals surface area contributed by atoms with E-state index in [4.69, 9.17) is 9.47 Å². The zero-order valence-corrected chi connectivity index (χ0v) is 17.6. The Bertz CT molecular complexity index is 510. The predicted octanol–water partition coefficient (Wildman–Crippen LogP) is 3.08. The largest absolute Gasteiger partial charge is 0.458 e. The van der Waals surface area contributed by atoms with Gasteiger partial charge in [0.2, 0.25) is 0 Å². The molecule has 0 spiro atoms. The van der Waals surface area contributed by atoms with Gasteiger partial charge in [-0.25, -0.2) is 9.59 Å². The number of esters is 1. The van der Waals surface area contributed by atoms with Gasteiger partial charge < -0.3 is 20.1 Å². The number of hydrogen-bond acceptors (Lipinski definition) is 7. The van der Waals surface area contributed by atoms with Gasteiger partial charge in [-0.2, -0.15) is 0 Å². The van der Waals surface area contributed by atoms with Gasteiger partial charge in [0, 0.05) is 18.8 Å². The Balaban J connectivity index is 2.54. The minimum atomic E-state index is -0.744. The van der Waals surface area contributed by atoms with Crippen LogP contribution in [-0.4, -0.2) is 53.3 Å². The maximum Gasteiger partial charge on any atom is 0.408 e. The number of amides is 1. The highest BCUT2D eigenvalue weighted by Gasteiger charge is 2.28. The fourth-order valence-corrected chi connectivity index (χ4v) is 2.99. The highest BCUT2D eigenvalue weighted by molar-refractivity contribution is 8.13. The lowest BCUT2D eigenvalue weighted by Crippen LogP contribution is -2.46. The summed E-state index contributed by atoms with van der Waals surface area (Å²) >= 11 is 1.71. The molecule has 0 saturated heterocycles. The van der Waals surface area contributed by atoms with Crippen molar-refractivity contribution in [2.24, 2.45) is 4.99 Å². The Morgan fingerprint density at radius 2 is 1.81 bits per heavy atom. The van der Waals surface area contributed by atoms with Crippen LogP contribution in [0.2, 0.25) is 0 Å². The van der Waals surface area contributed by atoms with Crippen LogP contribution in [0, 0.1) is 0 Å². The van der Waals surface area contributed by atoms with Crippen LogP contribution in [0.25, 0.3) is 0 Å². The molecule has 0 radical (unpaired) electrons. The first kappa shape index (κ1) is 22.6. The van der Waals surface area contributed by atoms with E-state index in [1.165, 1.54) is 0 Å². The molecule has 1 aliphatic rings. The Morgan fingerprint density at radius 1 is 1.15 bits per heavy atom. The van der Waals surface area contributed by atoms with E-state index >= 15 is 0 Å². The molecule has 0 aromatic carbocycles. The minimum absolute atomic E-state index is 0.451. The summed E-state index contributed by atoms with van der Waals surface area (Å²) in [4.78, 5) is 28.9. The first-order valence-electron chi connectivity index (χ1n) is 9.10. The Morgan fingerprint density at radius 3 is 2.35 bits per heavy atom. The molecule has 0 aromatic heterocycles. The molecular formula is C18H33N3O4S. The van der Waals surface area contributed by atoms with Crippen LogP contribution >= 0.6 is 11.8 Å². The molecule has 1 rings (SSSR count). The molecule has 1 heterocycles. The molecule has 1 amide bonds. The predicted molar refractivity (Wildman–Crippen MR) is 106 cm³/mol. The van der Waals surface area contributed by atoms with E-state index < -0.39 is 29.3 Å². The van der Waals surface area contributed by atoms with Crippen LogP contribution < -0.4 is 10.6 Å². The van der Waals surface area contributed by atoms with Crippen molar-refractivity contribution in [1.29, 1.82) is 0 Å². The molecule has 0 saturated carbocycles. The summed E-state index contributed by atoms with van der Waals surface area (Å²) in [5.74, 6) is 0.625. The van der Waals surface area contributed by atoms with Crippen LogP contribution in [0.4, 0.5) is 4.79 Å². The van der Waals surface area contributed by atoms with Crippen molar-refractivity contribution >= 4 is 29.0 Å². The van der Waals surface area contributed by atoms with E-state index in [0.717, 1.165) is 23.9 Å². The standard InChI is InChI=1S/C18H33N3O4S/c1-17(2,3)24-14(22)13(21-16(23)25-18(4,5)6)9-7-10-19-15-20-11-8-12-26-15/h13H,7-12H2,1-6H3,(H,19,20)(H,21,23). The summed E-state index contributed by atoms with van der Waals surface area (Å²) in [6.45, 7) is 12.3. The normalized spacial score (nSPS) is 16.3. The van der Waals surface area contributed by atoms with Gasteiger partial charge in [-0.05, 0) is 60.8 Å². The van der Waals surface area contributed by atoms with Crippen LogP contribution in [0.3, 0.4) is 0 Å². The number of nitrogens with zero attached hydrogens (tertiary/aromatic N) is 1. The van der Waals surface area contributed by atoms with Crippen molar-refractivity contribution in [3.63, 3.8) is 0 Å². The molecule has 1 unspecified atom stereocenters. The van der Waals surface area contributed by atoms with E-state index in [2.05, 4.69) is 15.6 Å². The first-order chi connectivity index (χ1) is 12.0. The molecule has 1 aliphatic heterocycles. The number of nitrogens with one attached hydrogen (secondary N) is 2. The minimum Gasteiger partial charge on any atom is -0.458 e. The first-order valence-corrected chi connectivity index (χ1v) is 10.1. The molecular weight excluding hydrogens is 354 g/mol. The summed E-state index contributed by atoms with van der Waals surface area (Å²) in [5.41, 5.74) is -1.24. The van der Waals surface area contributed by atoms with Crippen LogP contribution in [-0.2, 0) is 14.3 Å².